The van der Waals surface area contributed by atoms with Crippen molar-refractivity contribution in [2.45, 2.75) is 51.7 Å². The molecule has 0 aromatic heterocycles. The first-order chi connectivity index (χ1) is 7.77. The number of hydrogen-bond donors (Lipinski definition) is 1. The Labute approximate surface area is 99.9 Å². The molecule has 1 aliphatic heterocycles. The molecule has 1 heterocycles. The number of nitrogens with one attached hydrogen (secondary N) is 1. The van der Waals surface area contributed by atoms with Crippen LogP contribution < -0.4 is 5.32 Å². The van der Waals surface area contributed by atoms with Gasteiger partial charge < -0.3 is 14.8 Å². The second kappa shape index (κ2) is 8.04. The van der Waals surface area contributed by atoms with Gasteiger partial charge in [-0.1, -0.05) is 6.92 Å². The first kappa shape index (κ1) is 13.9. The summed E-state index contributed by atoms with van der Waals surface area (Å²) in [6.07, 6.45) is 5.10. The smallest absolute Gasteiger partial charge is 0.0558 e. The maximum atomic E-state index is 5.58. The maximum Gasteiger partial charge on any atom is 0.0558 e. The molecule has 1 aliphatic rings. The summed E-state index contributed by atoms with van der Waals surface area (Å²) in [7, 11) is 1.79. The molecule has 0 spiro atoms. The van der Waals surface area contributed by atoms with E-state index in [2.05, 4.69) is 19.2 Å². The third kappa shape index (κ3) is 4.81. The Morgan fingerprint density at radius 3 is 2.88 bits per heavy atom. The Kier molecular flexibility index (Phi) is 7.01. The summed E-state index contributed by atoms with van der Waals surface area (Å²) < 4.78 is 10.9. The van der Waals surface area contributed by atoms with Crippen LogP contribution in [-0.4, -0.2) is 39.0 Å². The first-order valence-corrected chi connectivity index (χ1v) is 6.61. The molecule has 16 heavy (non-hydrogen) atoms. The normalized spacial score (nSPS) is 25.3. The molecular formula is C13H27NO2. The zero-order chi connectivity index (χ0) is 11.8. The molecule has 0 aliphatic carbocycles. The lowest BCUT2D eigenvalue weighted by atomic mass is 9.90. The molecule has 1 saturated heterocycles. The Bertz CT molecular complexity index is 169. The third-order valence-corrected chi connectivity index (χ3v) is 3.41. The molecule has 3 nitrogen and oxygen atoms in total. The lowest BCUT2D eigenvalue weighted by Gasteiger charge is -2.32. The summed E-state index contributed by atoms with van der Waals surface area (Å²) in [6, 6.07) is 0.551. The topological polar surface area (TPSA) is 30.5 Å². The molecule has 1 fully saturated rings. The van der Waals surface area contributed by atoms with Crippen molar-refractivity contribution in [3.8, 4) is 0 Å². The highest BCUT2D eigenvalue weighted by Crippen LogP contribution is 2.21. The quantitative estimate of drug-likeness (QED) is 0.726. The molecule has 0 aromatic carbocycles. The zero-order valence-corrected chi connectivity index (χ0v) is 11.0. The molecule has 1 N–H and O–H groups in total. The molecule has 0 amide bonds. The highest BCUT2D eigenvalue weighted by atomic mass is 16.5. The standard InChI is InChI=1S/C13H27NO2/c1-4-7-14-13(9-11(2)15-3)12-6-5-8-16-10-12/h11-14H,4-10H2,1-3H3. The third-order valence-electron chi connectivity index (χ3n) is 3.41. The van der Waals surface area contributed by atoms with E-state index in [1.807, 2.05) is 0 Å². The maximum absolute atomic E-state index is 5.58. The van der Waals surface area contributed by atoms with Crippen LogP contribution in [0.25, 0.3) is 0 Å². The van der Waals surface area contributed by atoms with Gasteiger partial charge in [0.15, 0.2) is 0 Å². The fraction of sp³-hybridized carbons (Fsp3) is 1.00. The number of methoxy groups -OCH3 is 1. The summed E-state index contributed by atoms with van der Waals surface area (Å²) in [5.74, 6) is 0.665. The number of rotatable bonds is 7. The minimum atomic E-state index is 0.330. The average molecular weight is 229 g/mol. The van der Waals surface area contributed by atoms with E-state index in [-0.39, 0.29) is 0 Å². The van der Waals surface area contributed by atoms with Crippen molar-refractivity contribution in [3.63, 3.8) is 0 Å². The molecule has 0 saturated carbocycles. The van der Waals surface area contributed by atoms with E-state index < -0.39 is 0 Å². The monoisotopic (exact) mass is 229 g/mol. The van der Waals surface area contributed by atoms with E-state index in [9.17, 15) is 0 Å². The van der Waals surface area contributed by atoms with Gasteiger partial charge in [-0.3, -0.25) is 0 Å². The van der Waals surface area contributed by atoms with Crippen molar-refractivity contribution in [1.29, 1.82) is 0 Å². The molecule has 3 atom stereocenters. The van der Waals surface area contributed by atoms with Gasteiger partial charge in [0.1, 0.15) is 0 Å². The van der Waals surface area contributed by atoms with Crippen LogP contribution in [0.3, 0.4) is 0 Å². The van der Waals surface area contributed by atoms with Gasteiger partial charge in [0.05, 0.1) is 12.7 Å². The van der Waals surface area contributed by atoms with Crippen molar-refractivity contribution in [1.82, 2.24) is 5.32 Å². The second-order valence-corrected chi connectivity index (χ2v) is 4.82. The molecule has 0 radical (unpaired) electrons. The van der Waals surface area contributed by atoms with Crippen molar-refractivity contribution in [2.24, 2.45) is 5.92 Å². The molecule has 1 rings (SSSR count). The predicted molar refractivity (Wildman–Crippen MR) is 66.7 cm³/mol. The first-order valence-electron chi connectivity index (χ1n) is 6.61. The van der Waals surface area contributed by atoms with Crippen LogP contribution in [0.1, 0.15) is 39.5 Å². The van der Waals surface area contributed by atoms with Crippen molar-refractivity contribution in [3.05, 3.63) is 0 Å². The van der Waals surface area contributed by atoms with Gasteiger partial charge in [0, 0.05) is 19.8 Å². The highest BCUT2D eigenvalue weighted by Gasteiger charge is 2.25. The SMILES string of the molecule is CCCNC(CC(C)OC)C1CCCOC1. The molecule has 0 aromatic rings. The predicted octanol–water partition coefficient (Wildman–Crippen LogP) is 2.21. The number of ether oxygens (including phenoxy) is 2. The van der Waals surface area contributed by atoms with Gasteiger partial charge >= 0.3 is 0 Å². The van der Waals surface area contributed by atoms with Gasteiger partial charge in [0.25, 0.3) is 0 Å². The van der Waals surface area contributed by atoms with Crippen molar-refractivity contribution >= 4 is 0 Å². The van der Waals surface area contributed by atoms with E-state index in [4.69, 9.17) is 9.47 Å². The fourth-order valence-corrected chi connectivity index (χ4v) is 2.31. The van der Waals surface area contributed by atoms with Crippen LogP contribution in [-0.2, 0) is 9.47 Å². The highest BCUT2D eigenvalue weighted by molar-refractivity contribution is 4.80. The van der Waals surface area contributed by atoms with Gasteiger partial charge in [0.2, 0.25) is 0 Å². The van der Waals surface area contributed by atoms with E-state index in [0.29, 0.717) is 18.1 Å². The molecule has 3 heteroatoms. The second-order valence-electron chi connectivity index (χ2n) is 4.82. The largest absolute Gasteiger partial charge is 0.382 e. The lowest BCUT2D eigenvalue weighted by molar-refractivity contribution is 0.0239. The summed E-state index contributed by atoms with van der Waals surface area (Å²) in [4.78, 5) is 0. The average Bonchev–Trinajstić information content (AvgIpc) is 2.35. The summed E-state index contributed by atoms with van der Waals surface area (Å²) in [5.41, 5.74) is 0. The minimum absolute atomic E-state index is 0.330. The van der Waals surface area contributed by atoms with Crippen LogP contribution in [0, 0.1) is 5.92 Å². The number of hydrogen-bond acceptors (Lipinski definition) is 3. The Balaban J connectivity index is 2.40. The van der Waals surface area contributed by atoms with Crippen molar-refractivity contribution < 1.29 is 9.47 Å². The lowest BCUT2D eigenvalue weighted by Crippen LogP contribution is -2.42. The summed E-state index contributed by atoms with van der Waals surface area (Å²) in [5, 5.41) is 3.64. The summed E-state index contributed by atoms with van der Waals surface area (Å²) >= 11 is 0. The Morgan fingerprint density at radius 1 is 1.50 bits per heavy atom. The van der Waals surface area contributed by atoms with Gasteiger partial charge in [-0.15, -0.1) is 0 Å². The van der Waals surface area contributed by atoms with Crippen LogP contribution in [0.2, 0.25) is 0 Å². The molecule has 0 bridgehead atoms. The van der Waals surface area contributed by atoms with Crippen LogP contribution >= 0.6 is 0 Å². The van der Waals surface area contributed by atoms with E-state index in [1.54, 1.807) is 7.11 Å². The van der Waals surface area contributed by atoms with Crippen LogP contribution in [0.4, 0.5) is 0 Å². The van der Waals surface area contributed by atoms with Gasteiger partial charge in [-0.05, 0) is 45.1 Å². The Hall–Kier alpha value is -0.120. The van der Waals surface area contributed by atoms with E-state index in [0.717, 1.165) is 26.2 Å². The fourth-order valence-electron chi connectivity index (χ4n) is 2.31. The Morgan fingerprint density at radius 2 is 2.31 bits per heavy atom. The van der Waals surface area contributed by atoms with Crippen LogP contribution in [0.5, 0.6) is 0 Å². The molecule has 3 unspecified atom stereocenters. The molecule has 96 valence electrons. The van der Waals surface area contributed by atoms with Crippen LogP contribution in [0.15, 0.2) is 0 Å². The molecular weight excluding hydrogens is 202 g/mol. The van der Waals surface area contributed by atoms with E-state index >= 15 is 0 Å². The summed E-state index contributed by atoms with van der Waals surface area (Å²) in [6.45, 7) is 7.30. The zero-order valence-electron chi connectivity index (χ0n) is 11.0. The van der Waals surface area contributed by atoms with Crippen molar-refractivity contribution in [2.75, 3.05) is 26.9 Å². The van der Waals surface area contributed by atoms with Gasteiger partial charge in [-0.25, -0.2) is 0 Å². The van der Waals surface area contributed by atoms with Gasteiger partial charge in [-0.2, -0.15) is 0 Å². The minimum Gasteiger partial charge on any atom is -0.382 e. The van der Waals surface area contributed by atoms with E-state index in [1.165, 1.54) is 19.3 Å².